The van der Waals surface area contributed by atoms with E-state index in [1.54, 1.807) is 29.8 Å². The van der Waals surface area contributed by atoms with Crippen LogP contribution in [0.15, 0.2) is 24.5 Å². The highest BCUT2D eigenvalue weighted by molar-refractivity contribution is 6.34. The highest BCUT2D eigenvalue weighted by Gasteiger charge is 2.29. The van der Waals surface area contributed by atoms with Crippen molar-refractivity contribution in [1.29, 1.82) is 0 Å². The molecule has 3 rings (SSSR count). The molecule has 2 amide bonds. The molecule has 0 atom stereocenters. The smallest absolute Gasteiger partial charge is 0.269 e. The van der Waals surface area contributed by atoms with Crippen molar-refractivity contribution in [2.45, 2.75) is 6.54 Å². The fraction of sp³-hybridized carbons (Fsp3) is 0.154. The molecule has 2 heterocycles. The minimum atomic E-state index is -0.620. The predicted molar refractivity (Wildman–Crippen MR) is 72.9 cm³/mol. The lowest BCUT2D eigenvalue weighted by Crippen LogP contribution is -2.26. The van der Waals surface area contributed by atoms with Crippen molar-refractivity contribution in [2.75, 3.05) is 7.05 Å². The Kier molecular flexibility index (Phi) is 2.76. The Morgan fingerprint density at radius 3 is 2.90 bits per heavy atom. The molecule has 1 aromatic carbocycles. The van der Waals surface area contributed by atoms with Gasteiger partial charge in [-0.2, -0.15) is 0 Å². The SMILES string of the molecule is CN1Cc2c(C(N)=O)ncn2-c2cccc(Cl)c2C1=O. The minimum Gasteiger partial charge on any atom is -0.364 e. The van der Waals surface area contributed by atoms with Gasteiger partial charge in [-0.3, -0.25) is 14.2 Å². The van der Waals surface area contributed by atoms with Crippen LogP contribution in [0.1, 0.15) is 26.5 Å². The highest BCUT2D eigenvalue weighted by atomic mass is 35.5. The van der Waals surface area contributed by atoms with Gasteiger partial charge < -0.3 is 10.6 Å². The number of aromatic nitrogens is 2. The zero-order valence-corrected chi connectivity index (χ0v) is 11.4. The van der Waals surface area contributed by atoms with Crippen molar-refractivity contribution in [1.82, 2.24) is 14.5 Å². The summed E-state index contributed by atoms with van der Waals surface area (Å²) in [4.78, 5) is 29.3. The Morgan fingerprint density at radius 2 is 2.20 bits per heavy atom. The molecule has 0 saturated carbocycles. The van der Waals surface area contributed by atoms with Gasteiger partial charge in [-0.05, 0) is 12.1 Å². The van der Waals surface area contributed by atoms with Crippen molar-refractivity contribution < 1.29 is 9.59 Å². The number of fused-ring (bicyclic) bond motifs is 3. The number of rotatable bonds is 1. The molecule has 2 aromatic rings. The summed E-state index contributed by atoms with van der Waals surface area (Å²) in [5.41, 5.74) is 7.05. The van der Waals surface area contributed by atoms with Crippen molar-refractivity contribution in [3.8, 4) is 5.69 Å². The molecule has 0 unspecified atom stereocenters. The summed E-state index contributed by atoms with van der Waals surface area (Å²) in [6.07, 6.45) is 1.48. The first-order chi connectivity index (χ1) is 9.50. The second-order valence-corrected chi connectivity index (χ2v) is 4.98. The average molecular weight is 291 g/mol. The van der Waals surface area contributed by atoms with Crippen LogP contribution in [-0.4, -0.2) is 33.3 Å². The van der Waals surface area contributed by atoms with Gasteiger partial charge in [-0.1, -0.05) is 17.7 Å². The third-order valence-corrected chi connectivity index (χ3v) is 3.61. The van der Waals surface area contributed by atoms with Crippen LogP contribution in [0.25, 0.3) is 5.69 Å². The lowest BCUT2D eigenvalue weighted by atomic mass is 10.1. The lowest BCUT2D eigenvalue weighted by Gasteiger charge is -2.14. The van der Waals surface area contributed by atoms with Crippen molar-refractivity contribution in [3.63, 3.8) is 0 Å². The predicted octanol–water partition coefficient (Wildman–Crippen LogP) is 1.21. The summed E-state index contributed by atoms with van der Waals surface area (Å²) >= 11 is 6.14. The van der Waals surface area contributed by atoms with E-state index in [2.05, 4.69) is 4.98 Å². The monoisotopic (exact) mass is 290 g/mol. The second kappa shape index (κ2) is 4.35. The summed E-state index contributed by atoms with van der Waals surface area (Å²) in [5.74, 6) is -0.824. The Hall–Kier alpha value is -2.34. The molecule has 7 heteroatoms. The molecular weight excluding hydrogens is 280 g/mol. The van der Waals surface area contributed by atoms with E-state index in [-0.39, 0.29) is 18.1 Å². The van der Waals surface area contributed by atoms with Crippen LogP contribution in [-0.2, 0) is 6.54 Å². The molecular formula is C13H11ClN4O2. The number of carbonyl (C=O) groups is 2. The number of imidazole rings is 1. The molecule has 0 spiro atoms. The molecule has 0 fully saturated rings. The van der Waals surface area contributed by atoms with Crippen molar-refractivity contribution >= 4 is 23.4 Å². The van der Waals surface area contributed by atoms with Crippen LogP contribution in [0.2, 0.25) is 5.02 Å². The fourth-order valence-corrected chi connectivity index (χ4v) is 2.60. The summed E-state index contributed by atoms with van der Waals surface area (Å²) in [6.45, 7) is 0.238. The molecule has 0 saturated heterocycles. The largest absolute Gasteiger partial charge is 0.364 e. The zero-order valence-electron chi connectivity index (χ0n) is 10.6. The van der Waals surface area contributed by atoms with Gasteiger partial charge in [0, 0.05) is 7.05 Å². The van der Waals surface area contributed by atoms with Crippen molar-refractivity contribution in [2.24, 2.45) is 5.73 Å². The van der Waals surface area contributed by atoms with Gasteiger partial charge in [0.25, 0.3) is 11.8 Å². The zero-order chi connectivity index (χ0) is 14.4. The number of nitrogens with zero attached hydrogens (tertiary/aromatic N) is 3. The molecule has 0 bridgehead atoms. The third kappa shape index (κ3) is 1.69. The molecule has 1 aliphatic rings. The molecule has 20 heavy (non-hydrogen) atoms. The molecule has 6 nitrogen and oxygen atoms in total. The first kappa shape index (κ1) is 12.7. The van der Waals surface area contributed by atoms with Crippen LogP contribution < -0.4 is 5.73 Å². The maximum absolute atomic E-state index is 12.4. The first-order valence-corrected chi connectivity index (χ1v) is 6.29. The highest BCUT2D eigenvalue weighted by Crippen LogP contribution is 2.30. The molecule has 2 N–H and O–H groups in total. The quantitative estimate of drug-likeness (QED) is 0.857. The lowest BCUT2D eigenvalue weighted by molar-refractivity contribution is 0.0786. The first-order valence-electron chi connectivity index (χ1n) is 5.91. The third-order valence-electron chi connectivity index (χ3n) is 3.30. The number of benzene rings is 1. The fourth-order valence-electron chi connectivity index (χ4n) is 2.35. The van der Waals surface area contributed by atoms with Crippen molar-refractivity contribution in [3.05, 3.63) is 46.5 Å². The standard InChI is InChI=1S/C13H11ClN4O2/c1-17-5-9-11(12(15)19)16-6-18(9)8-4-2-3-7(14)10(8)13(17)20/h2-4,6H,5H2,1H3,(H2,15,19). The van der Waals surface area contributed by atoms with Gasteiger partial charge in [0.1, 0.15) is 6.33 Å². The van der Waals surface area contributed by atoms with E-state index < -0.39 is 5.91 Å². The van der Waals surface area contributed by atoms with Gasteiger partial charge in [0.15, 0.2) is 5.69 Å². The number of primary amides is 1. The normalized spacial score (nSPS) is 13.7. The van der Waals surface area contributed by atoms with Crippen LogP contribution >= 0.6 is 11.6 Å². The Bertz CT molecular complexity index is 738. The van der Waals surface area contributed by atoms with E-state index >= 15 is 0 Å². The van der Waals surface area contributed by atoms with Gasteiger partial charge in [-0.15, -0.1) is 0 Å². The minimum absolute atomic E-state index is 0.164. The van der Waals surface area contributed by atoms with Gasteiger partial charge in [0.05, 0.1) is 28.5 Å². The average Bonchev–Trinajstić information content (AvgIpc) is 2.77. The Balaban J connectivity index is 2.35. The van der Waals surface area contributed by atoms with Crippen LogP contribution in [0.3, 0.4) is 0 Å². The van der Waals surface area contributed by atoms with Crippen LogP contribution in [0, 0.1) is 0 Å². The summed E-state index contributed by atoms with van der Waals surface area (Å²) in [7, 11) is 1.64. The number of nitrogens with two attached hydrogens (primary N) is 1. The van der Waals surface area contributed by atoms with E-state index in [1.807, 2.05) is 0 Å². The summed E-state index contributed by atoms with van der Waals surface area (Å²) in [6, 6.07) is 5.16. The van der Waals surface area contributed by atoms with Gasteiger partial charge >= 0.3 is 0 Å². The molecule has 1 aromatic heterocycles. The Labute approximate surface area is 119 Å². The Morgan fingerprint density at radius 1 is 1.45 bits per heavy atom. The number of amides is 2. The van der Waals surface area contributed by atoms with E-state index in [1.165, 1.54) is 11.2 Å². The van der Waals surface area contributed by atoms with E-state index in [0.29, 0.717) is 22.0 Å². The van der Waals surface area contributed by atoms with Crippen LogP contribution in [0.5, 0.6) is 0 Å². The second-order valence-electron chi connectivity index (χ2n) is 4.57. The molecule has 0 aliphatic carbocycles. The number of carbonyl (C=O) groups excluding carboxylic acids is 2. The number of hydrogen-bond donors (Lipinski definition) is 1. The summed E-state index contributed by atoms with van der Waals surface area (Å²) in [5, 5.41) is 0.363. The molecule has 1 aliphatic heterocycles. The van der Waals surface area contributed by atoms with E-state index in [0.717, 1.165) is 0 Å². The summed E-state index contributed by atoms with van der Waals surface area (Å²) < 4.78 is 1.68. The van der Waals surface area contributed by atoms with E-state index in [4.69, 9.17) is 17.3 Å². The van der Waals surface area contributed by atoms with E-state index in [9.17, 15) is 9.59 Å². The number of halogens is 1. The van der Waals surface area contributed by atoms with Gasteiger partial charge in [0.2, 0.25) is 0 Å². The topological polar surface area (TPSA) is 81.2 Å². The van der Waals surface area contributed by atoms with Gasteiger partial charge in [-0.25, -0.2) is 4.98 Å². The maximum Gasteiger partial charge on any atom is 0.269 e. The maximum atomic E-state index is 12.4. The molecule has 0 radical (unpaired) electrons. The molecule has 102 valence electrons. The number of hydrogen-bond acceptors (Lipinski definition) is 3. The van der Waals surface area contributed by atoms with Crippen LogP contribution in [0.4, 0.5) is 0 Å².